The minimum atomic E-state index is 0.260. The number of aryl methyl sites for hydroxylation is 1. The smallest absolute Gasteiger partial charge is 0.140 e. The normalized spacial score (nSPS) is 11.2. The summed E-state index contributed by atoms with van der Waals surface area (Å²) in [5.41, 5.74) is 2.32. The Kier molecular flexibility index (Phi) is 4.12. The minimum Gasteiger partial charge on any atom is -0.396 e. The molecule has 0 aliphatic carbocycles. The third-order valence-electron chi connectivity index (χ3n) is 2.89. The number of unbranched alkanes of at least 4 members (excludes halogenated alkanes) is 1. The molecule has 0 spiro atoms. The van der Waals surface area contributed by atoms with Gasteiger partial charge in [-0.1, -0.05) is 0 Å². The van der Waals surface area contributed by atoms with Crippen LogP contribution in [0.1, 0.15) is 18.4 Å². The van der Waals surface area contributed by atoms with Crippen molar-refractivity contribution in [2.75, 3.05) is 13.7 Å². The second-order valence-corrected chi connectivity index (χ2v) is 4.18. The molecule has 2 N–H and O–H groups in total. The van der Waals surface area contributed by atoms with E-state index in [1.165, 1.54) is 10.9 Å². The van der Waals surface area contributed by atoms with Crippen LogP contribution >= 0.6 is 0 Å². The average molecular weight is 233 g/mol. The van der Waals surface area contributed by atoms with Gasteiger partial charge in [-0.25, -0.2) is 4.98 Å². The Labute approximate surface area is 101 Å². The first-order valence-electron chi connectivity index (χ1n) is 6.05. The third-order valence-corrected chi connectivity index (χ3v) is 2.89. The van der Waals surface area contributed by atoms with Crippen molar-refractivity contribution >= 4 is 11.0 Å². The molecule has 0 atom stereocenters. The summed E-state index contributed by atoms with van der Waals surface area (Å²) in [5, 5.41) is 13.2. The number of aromatic nitrogens is 2. The molecule has 0 amide bonds. The number of hydrogen-bond donors (Lipinski definition) is 2. The number of nitrogens with zero attached hydrogens (tertiary/aromatic N) is 2. The van der Waals surface area contributed by atoms with E-state index in [0.29, 0.717) is 0 Å². The maximum absolute atomic E-state index is 8.81. The topological polar surface area (TPSA) is 50.1 Å². The molecule has 4 nitrogen and oxygen atoms in total. The molecule has 4 heteroatoms. The van der Waals surface area contributed by atoms with Crippen LogP contribution < -0.4 is 5.32 Å². The summed E-state index contributed by atoms with van der Waals surface area (Å²) < 4.78 is 2.18. The van der Waals surface area contributed by atoms with E-state index in [4.69, 9.17) is 5.11 Å². The van der Waals surface area contributed by atoms with Gasteiger partial charge in [-0.05, 0) is 37.6 Å². The van der Waals surface area contributed by atoms with Gasteiger partial charge < -0.3 is 15.0 Å². The maximum Gasteiger partial charge on any atom is 0.140 e. The van der Waals surface area contributed by atoms with Crippen molar-refractivity contribution in [3.63, 3.8) is 0 Å². The van der Waals surface area contributed by atoms with E-state index in [1.807, 2.05) is 19.3 Å². The van der Waals surface area contributed by atoms with Crippen molar-refractivity contribution in [3.05, 3.63) is 30.1 Å². The van der Waals surface area contributed by atoms with Gasteiger partial charge in [-0.15, -0.1) is 0 Å². The summed E-state index contributed by atoms with van der Waals surface area (Å²) in [4.78, 5) is 4.44. The predicted octanol–water partition coefficient (Wildman–Crippen LogP) is 1.53. The van der Waals surface area contributed by atoms with E-state index in [0.717, 1.165) is 31.6 Å². The number of aliphatic hydroxyl groups excluding tert-OH is 1. The lowest BCUT2D eigenvalue weighted by molar-refractivity contribution is 0.281. The van der Waals surface area contributed by atoms with Crippen molar-refractivity contribution in [3.8, 4) is 0 Å². The SMILES string of the molecule is CNCc1cn(CCCCO)c2ncccc12. The molecule has 0 unspecified atom stereocenters. The van der Waals surface area contributed by atoms with Gasteiger partial charge >= 0.3 is 0 Å². The van der Waals surface area contributed by atoms with Crippen LogP contribution in [0.15, 0.2) is 24.5 Å². The lowest BCUT2D eigenvalue weighted by Gasteiger charge is -2.02. The van der Waals surface area contributed by atoms with E-state index >= 15 is 0 Å². The van der Waals surface area contributed by atoms with Crippen LogP contribution in [-0.4, -0.2) is 28.3 Å². The summed E-state index contributed by atoms with van der Waals surface area (Å²) in [7, 11) is 1.95. The number of fused-ring (bicyclic) bond motifs is 1. The first-order valence-corrected chi connectivity index (χ1v) is 6.05. The van der Waals surface area contributed by atoms with E-state index in [1.54, 1.807) is 0 Å². The van der Waals surface area contributed by atoms with Crippen LogP contribution in [0.2, 0.25) is 0 Å². The molecule has 2 aromatic rings. The molecule has 2 aromatic heterocycles. The lowest BCUT2D eigenvalue weighted by atomic mass is 10.2. The van der Waals surface area contributed by atoms with Crippen molar-refractivity contribution in [2.45, 2.75) is 25.9 Å². The van der Waals surface area contributed by atoms with Crippen molar-refractivity contribution in [1.82, 2.24) is 14.9 Å². The molecule has 0 saturated heterocycles. The minimum absolute atomic E-state index is 0.260. The van der Waals surface area contributed by atoms with Gasteiger partial charge in [0.05, 0.1) is 0 Å². The van der Waals surface area contributed by atoms with Crippen molar-refractivity contribution in [2.24, 2.45) is 0 Å². The zero-order chi connectivity index (χ0) is 12.1. The molecule has 0 aliphatic heterocycles. The van der Waals surface area contributed by atoms with Crippen LogP contribution in [0.5, 0.6) is 0 Å². The third kappa shape index (κ3) is 2.65. The Bertz CT molecular complexity index is 478. The summed E-state index contributed by atoms with van der Waals surface area (Å²) in [6, 6.07) is 4.08. The second kappa shape index (κ2) is 5.80. The second-order valence-electron chi connectivity index (χ2n) is 4.18. The fourth-order valence-electron chi connectivity index (χ4n) is 2.09. The fraction of sp³-hybridized carbons (Fsp3) is 0.462. The molecule has 0 radical (unpaired) electrons. The van der Waals surface area contributed by atoms with E-state index < -0.39 is 0 Å². The van der Waals surface area contributed by atoms with Gasteiger partial charge in [-0.2, -0.15) is 0 Å². The number of aliphatic hydroxyl groups is 1. The Morgan fingerprint density at radius 2 is 2.29 bits per heavy atom. The molecule has 92 valence electrons. The quantitative estimate of drug-likeness (QED) is 0.744. The monoisotopic (exact) mass is 233 g/mol. The summed E-state index contributed by atoms with van der Waals surface area (Å²) in [5.74, 6) is 0. The Balaban J connectivity index is 2.28. The summed E-state index contributed by atoms with van der Waals surface area (Å²) in [6.45, 7) is 2.03. The van der Waals surface area contributed by atoms with Crippen LogP contribution in [0.4, 0.5) is 0 Å². The van der Waals surface area contributed by atoms with E-state index in [9.17, 15) is 0 Å². The molecule has 0 fully saturated rings. The molecule has 0 aliphatic rings. The van der Waals surface area contributed by atoms with Crippen molar-refractivity contribution in [1.29, 1.82) is 0 Å². The van der Waals surface area contributed by atoms with E-state index in [2.05, 4.69) is 27.1 Å². The largest absolute Gasteiger partial charge is 0.396 e. The molecular formula is C13H19N3O. The molecule has 17 heavy (non-hydrogen) atoms. The fourth-order valence-corrected chi connectivity index (χ4v) is 2.09. The number of rotatable bonds is 6. The molecule has 2 rings (SSSR count). The van der Waals surface area contributed by atoms with Gasteiger partial charge in [0.2, 0.25) is 0 Å². The van der Waals surface area contributed by atoms with Crippen LogP contribution in [0, 0.1) is 0 Å². The zero-order valence-corrected chi connectivity index (χ0v) is 10.2. The van der Waals surface area contributed by atoms with Crippen LogP contribution in [-0.2, 0) is 13.1 Å². The molecule has 0 aromatic carbocycles. The standard InChI is InChI=1S/C13H19N3O/c1-14-9-11-10-16(7-2-3-8-17)13-12(11)5-4-6-15-13/h4-6,10,14,17H,2-3,7-9H2,1H3. The highest BCUT2D eigenvalue weighted by atomic mass is 16.2. The van der Waals surface area contributed by atoms with E-state index in [-0.39, 0.29) is 6.61 Å². The maximum atomic E-state index is 8.81. The highest BCUT2D eigenvalue weighted by Crippen LogP contribution is 2.19. The summed E-state index contributed by atoms with van der Waals surface area (Å²) in [6.07, 6.45) is 5.81. The predicted molar refractivity (Wildman–Crippen MR) is 68.8 cm³/mol. The molecular weight excluding hydrogens is 214 g/mol. The van der Waals surface area contributed by atoms with Crippen LogP contribution in [0.25, 0.3) is 11.0 Å². The average Bonchev–Trinajstić information content (AvgIpc) is 2.70. The van der Waals surface area contributed by atoms with Gasteiger partial charge in [0.25, 0.3) is 0 Å². The Morgan fingerprint density at radius 1 is 1.41 bits per heavy atom. The van der Waals surface area contributed by atoms with Gasteiger partial charge in [-0.3, -0.25) is 0 Å². The Morgan fingerprint density at radius 3 is 3.06 bits per heavy atom. The molecule has 2 heterocycles. The zero-order valence-electron chi connectivity index (χ0n) is 10.2. The molecule has 0 saturated carbocycles. The first-order chi connectivity index (χ1) is 8.36. The van der Waals surface area contributed by atoms with Gasteiger partial charge in [0.1, 0.15) is 5.65 Å². The Hall–Kier alpha value is -1.39. The summed E-state index contributed by atoms with van der Waals surface area (Å²) >= 11 is 0. The van der Waals surface area contributed by atoms with Crippen LogP contribution in [0.3, 0.4) is 0 Å². The molecule has 0 bridgehead atoms. The number of pyridine rings is 1. The highest BCUT2D eigenvalue weighted by molar-refractivity contribution is 5.80. The van der Waals surface area contributed by atoms with Crippen molar-refractivity contribution < 1.29 is 5.11 Å². The van der Waals surface area contributed by atoms with Gasteiger partial charge in [0.15, 0.2) is 0 Å². The first kappa shape index (κ1) is 12.1. The lowest BCUT2D eigenvalue weighted by Crippen LogP contribution is -2.04. The highest BCUT2D eigenvalue weighted by Gasteiger charge is 2.07. The number of nitrogens with one attached hydrogen (secondary N) is 1. The van der Waals surface area contributed by atoms with Gasteiger partial charge in [0, 0.05) is 37.5 Å². The number of hydrogen-bond acceptors (Lipinski definition) is 3.